The first-order chi connectivity index (χ1) is 23.3. The van der Waals surface area contributed by atoms with E-state index in [0.717, 1.165) is 33.6 Å². The Labute approximate surface area is 279 Å². The first kappa shape index (κ1) is 27.4. The minimum Gasteiger partial charge on any atom is -0.316 e. The third-order valence-electron chi connectivity index (χ3n) is 10.8. The Morgan fingerprint density at radius 1 is 0.562 bits per heavy atom. The quantitative estimate of drug-likeness (QED) is 0.197. The van der Waals surface area contributed by atoms with Gasteiger partial charge in [0, 0.05) is 50.0 Å². The van der Waals surface area contributed by atoms with Crippen molar-refractivity contribution >= 4 is 38.8 Å². The minimum absolute atomic E-state index is 0.171. The standard InChI is InChI=1S/C44H34N4/c1-43(2)25-23-35-39(43)40(33-18-12-17-30-28-15-8-10-19-34(28)44(3,4)38(30)33)46-42(45-35)48-37-20-11-9-16-29(37)31-21-22-36-32(41(31)48)24-26-47(36)27-13-6-5-7-14-27/h5-26H,1-4H3. The zero-order valence-corrected chi connectivity index (χ0v) is 27.5. The van der Waals surface area contributed by atoms with E-state index in [9.17, 15) is 0 Å². The van der Waals surface area contributed by atoms with E-state index in [2.05, 4.69) is 170 Å². The molecule has 5 aromatic carbocycles. The van der Waals surface area contributed by atoms with Gasteiger partial charge in [-0.05, 0) is 58.7 Å². The van der Waals surface area contributed by atoms with Gasteiger partial charge in [-0.2, -0.15) is 0 Å². The van der Waals surface area contributed by atoms with Crippen LogP contribution in [0, 0.1) is 0 Å². The fourth-order valence-electron chi connectivity index (χ4n) is 8.63. The summed E-state index contributed by atoms with van der Waals surface area (Å²) >= 11 is 0. The molecule has 0 aliphatic heterocycles. The molecule has 0 fully saturated rings. The van der Waals surface area contributed by atoms with Gasteiger partial charge in [-0.3, -0.25) is 4.57 Å². The third-order valence-corrected chi connectivity index (χ3v) is 10.8. The second-order valence-corrected chi connectivity index (χ2v) is 14.4. The van der Waals surface area contributed by atoms with Crippen molar-refractivity contribution in [2.24, 2.45) is 0 Å². The van der Waals surface area contributed by atoms with Crippen molar-refractivity contribution < 1.29 is 0 Å². The number of nitrogens with zero attached hydrogens (tertiary/aromatic N) is 4. The number of aromatic nitrogens is 4. The summed E-state index contributed by atoms with van der Waals surface area (Å²) in [5, 5.41) is 3.56. The van der Waals surface area contributed by atoms with Crippen molar-refractivity contribution in [3.63, 3.8) is 0 Å². The van der Waals surface area contributed by atoms with Gasteiger partial charge in [0.25, 0.3) is 0 Å². The monoisotopic (exact) mass is 618 g/mol. The first-order valence-electron chi connectivity index (χ1n) is 16.8. The maximum atomic E-state index is 5.64. The Balaban J connectivity index is 1.30. The maximum absolute atomic E-state index is 5.64. The average molecular weight is 619 g/mol. The highest BCUT2D eigenvalue weighted by atomic mass is 15.2. The maximum Gasteiger partial charge on any atom is 0.235 e. The van der Waals surface area contributed by atoms with Crippen molar-refractivity contribution in [2.45, 2.75) is 38.5 Å². The van der Waals surface area contributed by atoms with Gasteiger partial charge in [0.15, 0.2) is 0 Å². The number of para-hydroxylation sites is 2. The molecule has 3 heterocycles. The lowest BCUT2D eigenvalue weighted by Gasteiger charge is -2.27. The number of allylic oxidation sites excluding steroid dienone is 1. The summed E-state index contributed by atoms with van der Waals surface area (Å²) in [4.78, 5) is 11.0. The van der Waals surface area contributed by atoms with Gasteiger partial charge in [-0.1, -0.05) is 119 Å². The average Bonchev–Trinajstić information content (AvgIpc) is 3.84. The molecule has 4 nitrogen and oxygen atoms in total. The predicted molar refractivity (Wildman–Crippen MR) is 198 cm³/mol. The highest BCUT2D eigenvalue weighted by Crippen LogP contribution is 2.53. The van der Waals surface area contributed by atoms with Gasteiger partial charge in [0.05, 0.1) is 27.9 Å². The molecule has 0 bridgehead atoms. The number of fused-ring (bicyclic) bond motifs is 9. The van der Waals surface area contributed by atoms with E-state index in [1.165, 1.54) is 49.5 Å². The van der Waals surface area contributed by atoms with Crippen LogP contribution in [0.2, 0.25) is 0 Å². The van der Waals surface area contributed by atoms with Gasteiger partial charge in [-0.25, -0.2) is 9.97 Å². The highest BCUT2D eigenvalue weighted by molar-refractivity contribution is 6.18. The Kier molecular flexibility index (Phi) is 5.37. The van der Waals surface area contributed by atoms with E-state index in [4.69, 9.17) is 9.97 Å². The lowest BCUT2D eigenvalue weighted by atomic mass is 9.77. The molecule has 2 aliphatic carbocycles. The molecule has 2 aliphatic rings. The Morgan fingerprint density at radius 3 is 2.19 bits per heavy atom. The Morgan fingerprint density at radius 2 is 1.31 bits per heavy atom. The molecule has 8 aromatic rings. The van der Waals surface area contributed by atoms with Crippen LogP contribution >= 0.6 is 0 Å². The number of rotatable bonds is 3. The first-order valence-corrected chi connectivity index (χ1v) is 16.8. The smallest absolute Gasteiger partial charge is 0.235 e. The normalized spacial score (nSPS) is 15.3. The molecular weight excluding hydrogens is 585 g/mol. The van der Waals surface area contributed by atoms with Crippen molar-refractivity contribution in [1.82, 2.24) is 19.1 Å². The Bertz CT molecular complexity index is 2670. The topological polar surface area (TPSA) is 35.6 Å². The van der Waals surface area contributed by atoms with E-state index in [-0.39, 0.29) is 10.8 Å². The molecule has 0 atom stereocenters. The summed E-state index contributed by atoms with van der Waals surface area (Å²) in [5.74, 6) is 0.697. The molecular formula is C44H34N4. The summed E-state index contributed by atoms with van der Waals surface area (Å²) in [6, 6.07) is 41.6. The second-order valence-electron chi connectivity index (χ2n) is 14.4. The SMILES string of the molecule is CC1(C)C=Cc2nc(-n3c4ccccc4c4ccc5c(ccn5-c5ccccc5)c43)nc(-c3cccc4c3C(C)(C)c3ccccc3-4)c21. The van der Waals surface area contributed by atoms with Gasteiger partial charge >= 0.3 is 0 Å². The molecule has 0 unspecified atom stereocenters. The van der Waals surface area contributed by atoms with Crippen LogP contribution < -0.4 is 0 Å². The fourth-order valence-corrected chi connectivity index (χ4v) is 8.63. The molecule has 0 amide bonds. The van der Waals surface area contributed by atoms with Crippen LogP contribution in [0.3, 0.4) is 0 Å². The number of hydrogen-bond donors (Lipinski definition) is 0. The molecule has 10 rings (SSSR count). The van der Waals surface area contributed by atoms with Crippen LogP contribution in [0.4, 0.5) is 0 Å². The van der Waals surface area contributed by atoms with Gasteiger partial charge in [0.1, 0.15) is 0 Å². The third kappa shape index (κ3) is 3.55. The molecule has 3 aromatic heterocycles. The second kappa shape index (κ2) is 9.42. The number of hydrogen-bond acceptors (Lipinski definition) is 2. The number of benzene rings is 5. The fraction of sp³-hybridized carbons (Fsp3) is 0.136. The van der Waals surface area contributed by atoms with E-state index in [0.29, 0.717) is 5.95 Å². The molecule has 0 radical (unpaired) electrons. The lowest BCUT2D eigenvalue weighted by Crippen LogP contribution is -2.20. The summed E-state index contributed by atoms with van der Waals surface area (Å²) < 4.78 is 4.57. The molecule has 4 heteroatoms. The van der Waals surface area contributed by atoms with Crippen LogP contribution in [-0.2, 0) is 10.8 Å². The predicted octanol–water partition coefficient (Wildman–Crippen LogP) is 10.8. The summed E-state index contributed by atoms with van der Waals surface area (Å²) in [6.45, 7) is 9.27. The van der Waals surface area contributed by atoms with Gasteiger partial charge in [0.2, 0.25) is 5.95 Å². The van der Waals surface area contributed by atoms with Crippen molar-refractivity contribution in [2.75, 3.05) is 0 Å². The minimum atomic E-state index is -0.206. The molecule has 0 spiro atoms. The molecule has 0 saturated heterocycles. The zero-order chi connectivity index (χ0) is 32.4. The molecule has 230 valence electrons. The van der Waals surface area contributed by atoms with E-state index < -0.39 is 0 Å². The summed E-state index contributed by atoms with van der Waals surface area (Å²) in [7, 11) is 0. The van der Waals surface area contributed by atoms with Crippen LogP contribution in [0.15, 0.2) is 128 Å². The van der Waals surface area contributed by atoms with Crippen molar-refractivity contribution in [3.05, 3.63) is 150 Å². The van der Waals surface area contributed by atoms with Crippen molar-refractivity contribution in [1.29, 1.82) is 0 Å². The van der Waals surface area contributed by atoms with Crippen LogP contribution in [0.5, 0.6) is 0 Å². The molecule has 48 heavy (non-hydrogen) atoms. The molecule has 0 N–H and O–H groups in total. The summed E-state index contributed by atoms with van der Waals surface area (Å²) in [6.07, 6.45) is 6.66. The van der Waals surface area contributed by atoms with Crippen molar-refractivity contribution in [3.8, 4) is 34.0 Å². The van der Waals surface area contributed by atoms with E-state index in [1.54, 1.807) is 0 Å². The van der Waals surface area contributed by atoms with Crippen LogP contribution in [0.1, 0.15) is 50.1 Å². The largest absolute Gasteiger partial charge is 0.316 e. The van der Waals surface area contributed by atoms with Gasteiger partial charge < -0.3 is 4.57 Å². The molecule has 0 saturated carbocycles. The summed E-state index contributed by atoms with van der Waals surface area (Å²) in [5.41, 5.74) is 13.8. The van der Waals surface area contributed by atoms with Crippen LogP contribution in [0.25, 0.3) is 72.8 Å². The zero-order valence-electron chi connectivity index (χ0n) is 27.5. The van der Waals surface area contributed by atoms with E-state index in [1.807, 2.05) is 0 Å². The van der Waals surface area contributed by atoms with Gasteiger partial charge in [-0.15, -0.1) is 0 Å². The Hall–Kier alpha value is -5.74. The highest BCUT2D eigenvalue weighted by Gasteiger charge is 2.40. The van der Waals surface area contributed by atoms with E-state index >= 15 is 0 Å². The van der Waals surface area contributed by atoms with Crippen LogP contribution in [-0.4, -0.2) is 19.1 Å². The lowest BCUT2D eigenvalue weighted by molar-refractivity contribution is 0.657.